The number of hydrogen-bond acceptors (Lipinski definition) is 3. The molecule has 2 aromatic carbocycles. The second kappa shape index (κ2) is 6.16. The molecule has 0 aromatic heterocycles. The minimum absolute atomic E-state index is 0.152. The summed E-state index contributed by atoms with van der Waals surface area (Å²) in [6, 6.07) is 13.8. The van der Waals surface area contributed by atoms with Crippen LogP contribution in [0.1, 0.15) is 29.6 Å². The lowest BCUT2D eigenvalue weighted by Gasteiger charge is -2.22. The molecular weight excluding hydrogens is 252 g/mol. The van der Waals surface area contributed by atoms with Gasteiger partial charge in [0.25, 0.3) is 0 Å². The van der Waals surface area contributed by atoms with E-state index < -0.39 is 0 Å². The van der Waals surface area contributed by atoms with Crippen molar-refractivity contribution in [3.63, 3.8) is 0 Å². The third-order valence-electron chi connectivity index (χ3n) is 3.59. The van der Waals surface area contributed by atoms with E-state index >= 15 is 0 Å². The smallest absolute Gasteiger partial charge is 0.163 e. The molecule has 104 valence electrons. The molecule has 3 heteroatoms. The fourth-order valence-electron chi connectivity index (χ4n) is 2.56. The van der Waals surface area contributed by atoms with E-state index in [9.17, 15) is 4.79 Å². The van der Waals surface area contributed by atoms with Crippen molar-refractivity contribution in [2.24, 2.45) is 0 Å². The lowest BCUT2D eigenvalue weighted by atomic mass is 9.99. The lowest BCUT2D eigenvalue weighted by Crippen LogP contribution is -2.25. The molecule has 0 bridgehead atoms. The van der Waals surface area contributed by atoms with Crippen LogP contribution in [0.5, 0.6) is 0 Å². The normalized spacial score (nSPS) is 16.4. The maximum Gasteiger partial charge on any atom is 0.163 e. The predicted molar refractivity (Wildman–Crippen MR) is 77.8 cm³/mol. The molecule has 1 aliphatic rings. The molecule has 0 unspecified atom stereocenters. The Morgan fingerprint density at radius 1 is 1.05 bits per heavy atom. The van der Waals surface area contributed by atoms with Crippen molar-refractivity contribution in [1.82, 2.24) is 0 Å². The van der Waals surface area contributed by atoms with E-state index in [2.05, 4.69) is 0 Å². The molecule has 1 saturated heterocycles. The standard InChI is InChI=1S/C17H18O3/c18-16(9-10-17-19-11-4-12-20-17)15-8-3-6-13-5-1-2-7-14(13)15/h1-3,5-8,17H,4,9-12H2. The molecule has 3 nitrogen and oxygen atoms in total. The van der Waals surface area contributed by atoms with Gasteiger partial charge in [0.2, 0.25) is 0 Å². The average Bonchev–Trinajstić information content (AvgIpc) is 2.53. The fraction of sp³-hybridized carbons (Fsp3) is 0.353. The Balaban J connectivity index is 1.72. The number of ether oxygens (including phenoxy) is 2. The highest BCUT2D eigenvalue weighted by Crippen LogP contribution is 2.21. The van der Waals surface area contributed by atoms with E-state index in [1.807, 2.05) is 42.5 Å². The van der Waals surface area contributed by atoms with Crippen LogP contribution >= 0.6 is 0 Å². The van der Waals surface area contributed by atoms with Crippen LogP contribution in [0.2, 0.25) is 0 Å². The Morgan fingerprint density at radius 3 is 2.65 bits per heavy atom. The topological polar surface area (TPSA) is 35.5 Å². The SMILES string of the molecule is O=C(CCC1OCCCO1)c1cccc2ccccc12. The molecule has 0 saturated carbocycles. The first-order valence-corrected chi connectivity index (χ1v) is 7.09. The molecule has 0 atom stereocenters. The molecular formula is C17H18O3. The minimum Gasteiger partial charge on any atom is -0.353 e. The van der Waals surface area contributed by atoms with Gasteiger partial charge < -0.3 is 9.47 Å². The quantitative estimate of drug-likeness (QED) is 0.797. The lowest BCUT2D eigenvalue weighted by molar-refractivity contribution is -0.180. The van der Waals surface area contributed by atoms with Crippen LogP contribution in [-0.2, 0) is 9.47 Å². The van der Waals surface area contributed by atoms with Gasteiger partial charge in [-0.3, -0.25) is 4.79 Å². The zero-order valence-electron chi connectivity index (χ0n) is 11.4. The van der Waals surface area contributed by atoms with Crippen molar-refractivity contribution in [2.45, 2.75) is 25.6 Å². The van der Waals surface area contributed by atoms with E-state index in [0.717, 1.165) is 36.0 Å². The van der Waals surface area contributed by atoms with Crippen molar-refractivity contribution in [3.8, 4) is 0 Å². The van der Waals surface area contributed by atoms with Gasteiger partial charge in [0.1, 0.15) is 0 Å². The van der Waals surface area contributed by atoms with Gasteiger partial charge in [0, 0.05) is 18.4 Å². The van der Waals surface area contributed by atoms with Crippen LogP contribution in [0.4, 0.5) is 0 Å². The molecule has 0 N–H and O–H groups in total. The van der Waals surface area contributed by atoms with Gasteiger partial charge in [-0.25, -0.2) is 0 Å². The molecule has 1 aliphatic heterocycles. The van der Waals surface area contributed by atoms with Crippen molar-refractivity contribution < 1.29 is 14.3 Å². The number of carbonyl (C=O) groups excluding carboxylic acids is 1. The zero-order chi connectivity index (χ0) is 13.8. The summed E-state index contributed by atoms with van der Waals surface area (Å²) in [5.41, 5.74) is 0.791. The number of rotatable bonds is 4. The van der Waals surface area contributed by atoms with Crippen molar-refractivity contribution in [2.75, 3.05) is 13.2 Å². The van der Waals surface area contributed by atoms with Crippen LogP contribution < -0.4 is 0 Å². The minimum atomic E-state index is -0.220. The van der Waals surface area contributed by atoms with Gasteiger partial charge in [0.05, 0.1) is 13.2 Å². The third-order valence-corrected chi connectivity index (χ3v) is 3.59. The molecule has 1 heterocycles. The van der Waals surface area contributed by atoms with Gasteiger partial charge in [-0.1, -0.05) is 42.5 Å². The van der Waals surface area contributed by atoms with E-state index in [1.54, 1.807) is 0 Å². The average molecular weight is 270 g/mol. The summed E-state index contributed by atoms with van der Waals surface area (Å²) in [5.74, 6) is 0.152. The van der Waals surface area contributed by atoms with E-state index in [1.165, 1.54) is 0 Å². The van der Waals surface area contributed by atoms with Crippen LogP contribution in [0, 0.1) is 0 Å². The van der Waals surface area contributed by atoms with Crippen molar-refractivity contribution in [3.05, 3.63) is 48.0 Å². The van der Waals surface area contributed by atoms with Crippen LogP contribution in [-0.4, -0.2) is 25.3 Å². The first-order chi connectivity index (χ1) is 9.84. The second-order valence-electron chi connectivity index (χ2n) is 5.01. The van der Waals surface area contributed by atoms with Gasteiger partial charge in [0.15, 0.2) is 12.1 Å². The molecule has 2 aromatic rings. The van der Waals surface area contributed by atoms with E-state index in [-0.39, 0.29) is 12.1 Å². The summed E-state index contributed by atoms with van der Waals surface area (Å²) in [6.07, 6.45) is 1.80. The number of ketones is 1. The molecule has 20 heavy (non-hydrogen) atoms. The fourth-order valence-corrected chi connectivity index (χ4v) is 2.56. The Hall–Kier alpha value is -1.71. The van der Waals surface area contributed by atoms with Crippen LogP contribution in [0.25, 0.3) is 10.8 Å². The zero-order valence-corrected chi connectivity index (χ0v) is 11.4. The Morgan fingerprint density at radius 2 is 1.80 bits per heavy atom. The van der Waals surface area contributed by atoms with Crippen LogP contribution in [0.3, 0.4) is 0 Å². The molecule has 0 spiro atoms. The highest BCUT2D eigenvalue weighted by atomic mass is 16.7. The number of Topliss-reactive ketones (excluding diaryl/α,β-unsaturated/α-hetero) is 1. The summed E-state index contributed by atoms with van der Waals surface area (Å²) >= 11 is 0. The summed E-state index contributed by atoms with van der Waals surface area (Å²) in [7, 11) is 0. The summed E-state index contributed by atoms with van der Waals surface area (Å²) in [6.45, 7) is 1.46. The largest absolute Gasteiger partial charge is 0.353 e. The predicted octanol–water partition coefficient (Wildman–Crippen LogP) is 3.57. The van der Waals surface area contributed by atoms with Gasteiger partial charge in [-0.05, 0) is 17.2 Å². The molecule has 0 amide bonds. The second-order valence-corrected chi connectivity index (χ2v) is 5.01. The molecule has 0 radical (unpaired) electrons. The molecule has 3 rings (SSSR count). The Kier molecular flexibility index (Phi) is 4.09. The Labute approximate surface area is 118 Å². The highest BCUT2D eigenvalue weighted by Gasteiger charge is 2.17. The maximum absolute atomic E-state index is 12.4. The van der Waals surface area contributed by atoms with Gasteiger partial charge in [-0.15, -0.1) is 0 Å². The van der Waals surface area contributed by atoms with E-state index in [4.69, 9.17) is 9.47 Å². The summed E-state index contributed by atoms with van der Waals surface area (Å²) < 4.78 is 11.0. The number of hydrogen-bond donors (Lipinski definition) is 0. The van der Waals surface area contributed by atoms with Crippen LogP contribution in [0.15, 0.2) is 42.5 Å². The molecule has 0 aliphatic carbocycles. The highest BCUT2D eigenvalue weighted by molar-refractivity contribution is 6.08. The number of benzene rings is 2. The summed E-state index contributed by atoms with van der Waals surface area (Å²) in [5, 5.41) is 2.12. The Bertz CT molecular complexity index is 595. The number of fused-ring (bicyclic) bond motifs is 1. The molecule has 1 fully saturated rings. The first-order valence-electron chi connectivity index (χ1n) is 7.09. The van der Waals surface area contributed by atoms with Crippen molar-refractivity contribution >= 4 is 16.6 Å². The summed E-state index contributed by atoms with van der Waals surface area (Å²) in [4.78, 5) is 12.4. The maximum atomic E-state index is 12.4. The van der Waals surface area contributed by atoms with Crippen molar-refractivity contribution in [1.29, 1.82) is 0 Å². The third kappa shape index (κ3) is 2.89. The number of carbonyl (C=O) groups is 1. The monoisotopic (exact) mass is 270 g/mol. The van der Waals surface area contributed by atoms with E-state index in [0.29, 0.717) is 12.8 Å². The first kappa shape index (κ1) is 13.3. The van der Waals surface area contributed by atoms with Gasteiger partial charge in [-0.2, -0.15) is 0 Å². The van der Waals surface area contributed by atoms with Gasteiger partial charge >= 0.3 is 0 Å².